The number of aryl methyl sites for hydroxylation is 1. The number of aliphatic hydroxyl groups excluding tert-OH is 1. The van der Waals surface area contributed by atoms with Crippen LogP contribution in [0.25, 0.3) is 0 Å². The summed E-state index contributed by atoms with van der Waals surface area (Å²) in [5.74, 6) is 1.21. The Morgan fingerprint density at radius 2 is 1.84 bits per heavy atom. The zero-order chi connectivity index (χ0) is 14.2. The van der Waals surface area contributed by atoms with E-state index >= 15 is 0 Å². The summed E-state index contributed by atoms with van der Waals surface area (Å²) in [7, 11) is 0. The summed E-state index contributed by atoms with van der Waals surface area (Å²) in [6.07, 6.45) is 4.43. The molecule has 19 heavy (non-hydrogen) atoms. The molecule has 1 aliphatic carbocycles. The molecule has 1 unspecified atom stereocenters. The molecule has 1 aromatic heterocycles. The van der Waals surface area contributed by atoms with Crippen molar-refractivity contribution >= 4 is 22.9 Å². The number of hydrogen-bond acceptors (Lipinski definition) is 2. The van der Waals surface area contributed by atoms with Gasteiger partial charge >= 0.3 is 0 Å². The lowest BCUT2D eigenvalue weighted by atomic mass is 9.69. The summed E-state index contributed by atoms with van der Waals surface area (Å²) >= 11 is 7.64. The minimum atomic E-state index is -0.322. The first kappa shape index (κ1) is 15.3. The van der Waals surface area contributed by atoms with Gasteiger partial charge in [-0.15, -0.1) is 11.3 Å². The predicted octanol–water partition coefficient (Wildman–Crippen LogP) is 5.60. The van der Waals surface area contributed by atoms with Gasteiger partial charge in [-0.3, -0.25) is 0 Å². The Morgan fingerprint density at radius 3 is 2.26 bits per heavy atom. The molecule has 1 heterocycles. The fourth-order valence-corrected chi connectivity index (χ4v) is 4.46. The fourth-order valence-electron chi connectivity index (χ4n) is 3.16. The molecule has 1 atom stereocenters. The van der Waals surface area contributed by atoms with Crippen molar-refractivity contribution in [1.29, 1.82) is 0 Å². The first-order chi connectivity index (χ1) is 8.79. The largest absolute Gasteiger partial charge is 0.387 e. The molecule has 0 aromatic carbocycles. The molecular weight excluding hydrogens is 276 g/mol. The zero-order valence-corrected chi connectivity index (χ0v) is 13.9. The zero-order valence-electron chi connectivity index (χ0n) is 12.4. The van der Waals surface area contributed by atoms with Crippen LogP contribution in [-0.4, -0.2) is 5.11 Å². The highest BCUT2D eigenvalue weighted by Crippen LogP contribution is 2.45. The number of halogens is 1. The third-order valence-corrected chi connectivity index (χ3v) is 6.24. The highest BCUT2D eigenvalue weighted by Gasteiger charge is 2.33. The van der Waals surface area contributed by atoms with Crippen molar-refractivity contribution in [2.24, 2.45) is 17.3 Å². The van der Waals surface area contributed by atoms with Crippen LogP contribution in [0.15, 0.2) is 6.07 Å². The molecule has 0 radical (unpaired) electrons. The van der Waals surface area contributed by atoms with E-state index in [-0.39, 0.29) is 6.10 Å². The van der Waals surface area contributed by atoms with Crippen LogP contribution in [0.1, 0.15) is 63.0 Å². The Kier molecular flexibility index (Phi) is 4.64. The van der Waals surface area contributed by atoms with Crippen molar-refractivity contribution < 1.29 is 5.11 Å². The van der Waals surface area contributed by atoms with Crippen molar-refractivity contribution in [1.82, 2.24) is 0 Å². The molecule has 1 fully saturated rings. The molecule has 0 aliphatic heterocycles. The minimum absolute atomic E-state index is 0.322. The summed E-state index contributed by atoms with van der Waals surface area (Å²) in [5, 5.41) is 10.5. The third kappa shape index (κ3) is 3.53. The second-order valence-corrected chi connectivity index (χ2v) is 8.71. The van der Waals surface area contributed by atoms with E-state index in [4.69, 9.17) is 11.6 Å². The minimum Gasteiger partial charge on any atom is -0.387 e. The number of rotatable bonds is 2. The van der Waals surface area contributed by atoms with E-state index in [1.165, 1.54) is 24.2 Å². The fraction of sp³-hybridized carbons (Fsp3) is 0.750. The van der Waals surface area contributed by atoms with Crippen molar-refractivity contribution in [2.45, 2.75) is 59.5 Å². The van der Waals surface area contributed by atoms with Gasteiger partial charge in [-0.2, -0.15) is 0 Å². The maximum atomic E-state index is 10.5. The molecule has 0 amide bonds. The van der Waals surface area contributed by atoms with Gasteiger partial charge in [0.2, 0.25) is 0 Å². The quantitative estimate of drug-likeness (QED) is 0.754. The third-order valence-electron chi connectivity index (χ3n) is 4.61. The Bertz CT molecular complexity index is 405. The van der Waals surface area contributed by atoms with E-state index in [1.54, 1.807) is 0 Å². The summed E-state index contributed by atoms with van der Waals surface area (Å²) in [5.41, 5.74) is 1.49. The molecule has 0 spiro atoms. The molecule has 0 saturated heterocycles. The van der Waals surface area contributed by atoms with Crippen molar-refractivity contribution in [3.05, 3.63) is 20.8 Å². The van der Waals surface area contributed by atoms with Gasteiger partial charge in [0.15, 0.2) is 0 Å². The topological polar surface area (TPSA) is 20.2 Å². The maximum absolute atomic E-state index is 10.5. The van der Waals surface area contributed by atoms with E-state index in [1.807, 2.05) is 13.0 Å². The lowest BCUT2D eigenvalue weighted by Gasteiger charge is -2.38. The number of thiophene rings is 1. The molecule has 1 aromatic rings. The summed E-state index contributed by atoms with van der Waals surface area (Å²) < 4.78 is 0.817. The molecule has 0 bridgehead atoms. The van der Waals surface area contributed by atoms with E-state index in [0.29, 0.717) is 11.3 Å². The average Bonchev–Trinajstić information content (AvgIpc) is 2.68. The first-order valence-corrected chi connectivity index (χ1v) is 8.42. The van der Waals surface area contributed by atoms with E-state index in [9.17, 15) is 5.11 Å². The van der Waals surface area contributed by atoms with Gasteiger partial charge in [-0.05, 0) is 61.5 Å². The SMILES string of the molecule is Cc1cc(C(O)C2CCC(C(C)(C)C)CC2)sc1Cl. The maximum Gasteiger partial charge on any atom is 0.0961 e. The number of hydrogen-bond donors (Lipinski definition) is 1. The summed E-state index contributed by atoms with van der Waals surface area (Å²) in [6, 6.07) is 2.05. The van der Waals surface area contributed by atoms with Crippen LogP contribution in [0.3, 0.4) is 0 Å². The smallest absolute Gasteiger partial charge is 0.0961 e. The summed E-state index contributed by atoms with van der Waals surface area (Å²) in [6.45, 7) is 9.00. The lowest BCUT2D eigenvalue weighted by Crippen LogP contribution is -2.27. The van der Waals surface area contributed by atoms with Gasteiger partial charge < -0.3 is 5.11 Å². The molecule has 2 rings (SSSR count). The molecule has 1 N–H and O–H groups in total. The molecule has 1 aliphatic rings. The predicted molar refractivity (Wildman–Crippen MR) is 83.9 cm³/mol. The first-order valence-electron chi connectivity index (χ1n) is 7.23. The van der Waals surface area contributed by atoms with E-state index in [0.717, 1.165) is 33.5 Å². The Hall–Kier alpha value is -0.0500. The second kappa shape index (κ2) is 5.75. The molecule has 3 heteroatoms. The van der Waals surface area contributed by atoms with Crippen molar-refractivity contribution in [3.8, 4) is 0 Å². The van der Waals surface area contributed by atoms with Crippen LogP contribution >= 0.6 is 22.9 Å². The monoisotopic (exact) mass is 300 g/mol. The molecule has 1 nitrogen and oxygen atoms in total. The van der Waals surface area contributed by atoms with E-state index < -0.39 is 0 Å². The van der Waals surface area contributed by atoms with Crippen LogP contribution in [0.4, 0.5) is 0 Å². The normalized spacial score (nSPS) is 26.4. The van der Waals surface area contributed by atoms with Crippen LogP contribution in [0.2, 0.25) is 4.34 Å². The van der Waals surface area contributed by atoms with Crippen LogP contribution in [-0.2, 0) is 0 Å². The van der Waals surface area contributed by atoms with Gasteiger partial charge in [-0.1, -0.05) is 32.4 Å². The van der Waals surface area contributed by atoms with Crippen molar-refractivity contribution in [2.75, 3.05) is 0 Å². The standard InChI is InChI=1S/C16H25ClOS/c1-10-9-13(19-15(10)17)14(18)11-5-7-12(8-6-11)16(2,3)4/h9,11-12,14,18H,5-8H2,1-4H3. The molecule has 108 valence electrons. The highest BCUT2D eigenvalue weighted by atomic mass is 35.5. The van der Waals surface area contributed by atoms with Crippen LogP contribution in [0.5, 0.6) is 0 Å². The lowest BCUT2D eigenvalue weighted by molar-refractivity contribution is 0.0549. The van der Waals surface area contributed by atoms with Gasteiger partial charge in [0, 0.05) is 4.88 Å². The summed E-state index contributed by atoms with van der Waals surface area (Å²) in [4.78, 5) is 1.04. The van der Waals surface area contributed by atoms with E-state index in [2.05, 4.69) is 20.8 Å². The second-order valence-electron chi connectivity index (χ2n) is 7.03. The Morgan fingerprint density at radius 1 is 1.26 bits per heavy atom. The van der Waals surface area contributed by atoms with Crippen LogP contribution < -0.4 is 0 Å². The van der Waals surface area contributed by atoms with Crippen LogP contribution in [0, 0.1) is 24.2 Å². The molecular formula is C16H25ClOS. The molecule has 1 saturated carbocycles. The highest BCUT2D eigenvalue weighted by molar-refractivity contribution is 7.16. The van der Waals surface area contributed by atoms with Gasteiger partial charge in [0.25, 0.3) is 0 Å². The van der Waals surface area contributed by atoms with Gasteiger partial charge in [-0.25, -0.2) is 0 Å². The Balaban J connectivity index is 1.98. The van der Waals surface area contributed by atoms with Gasteiger partial charge in [0.05, 0.1) is 10.4 Å². The average molecular weight is 301 g/mol. The van der Waals surface area contributed by atoms with Gasteiger partial charge in [0.1, 0.15) is 0 Å². The number of aliphatic hydroxyl groups is 1. The Labute approximate surface area is 126 Å². The van der Waals surface area contributed by atoms with Crippen molar-refractivity contribution in [3.63, 3.8) is 0 Å².